The van der Waals surface area contributed by atoms with E-state index in [1.807, 2.05) is 24.3 Å². The minimum Gasteiger partial charge on any atom is -0.234 e. The summed E-state index contributed by atoms with van der Waals surface area (Å²) in [5.74, 6) is 0. The minimum atomic E-state index is 0.241. The molecule has 0 saturated carbocycles. The first-order valence-corrected chi connectivity index (χ1v) is 4.73. The zero-order valence-corrected chi connectivity index (χ0v) is 8.66. The van der Waals surface area contributed by atoms with Crippen molar-refractivity contribution in [2.45, 2.75) is 0 Å². The maximum absolute atomic E-state index is 5.97. The van der Waals surface area contributed by atoms with Crippen LogP contribution in [0.1, 0.15) is 0 Å². The molecule has 2 aromatic rings. The van der Waals surface area contributed by atoms with Gasteiger partial charge in [0.25, 0.3) is 0 Å². The van der Waals surface area contributed by atoms with E-state index in [9.17, 15) is 0 Å². The maximum Gasteiger partial charge on any atom is 0.149 e. The van der Waals surface area contributed by atoms with Crippen LogP contribution in [0.3, 0.4) is 0 Å². The molecule has 0 radical (unpaired) electrons. The van der Waals surface area contributed by atoms with Gasteiger partial charge in [0.05, 0.1) is 15.6 Å². The van der Waals surface area contributed by atoms with Crippen molar-refractivity contribution in [3.63, 3.8) is 0 Å². The Hall–Kier alpha value is -0.500. The van der Waals surface area contributed by atoms with Gasteiger partial charge in [-0.1, -0.05) is 53.0 Å². The lowest BCUT2D eigenvalue weighted by Crippen LogP contribution is -1.82. The first kappa shape index (κ1) is 9.07. The Labute approximate surface area is 90.2 Å². The Morgan fingerprint density at radius 1 is 0.923 bits per heavy atom. The molecule has 13 heavy (non-hydrogen) atoms. The molecule has 0 atom stereocenters. The van der Waals surface area contributed by atoms with E-state index >= 15 is 0 Å². The van der Waals surface area contributed by atoms with E-state index < -0.39 is 0 Å². The molecule has 0 fully saturated rings. The van der Waals surface area contributed by atoms with Gasteiger partial charge in [-0.3, -0.25) is 0 Å². The Balaban J connectivity index is 2.94. The van der Waals surface area contributed by atoms with Crippen LogP contribution in [0.2, 0.25) is 15.2 Å². The summed E-state index contributed by atoms with van der Waals surface area (Å²) in [6.45, 7) is 0. The van der Waals surface area contributed by atoms with Crippen LogP contribution in [0, 0.1) is 0 Å². The predicted octanol–water partition coefficient (Wildman–Crippen LogP) is 4.20. The van der Waals surface area contributed by atoms with Gasteiger partial charge in [0.1, 0.15) is 5.15 Å². The Morgan fingerprint density at radius 2 is 1.62 bits per heavy atom. The van der Waals surface area contributed by atoms with Gasteiger partial charge in [0.2, 0.25) is 0 Å². The zero-order valence-electron chi connectivity index (χ0n) is 6.39. The molecule has 0 unspecified atom stereocenters. The highest BCUT2D eigenvalue weighted by molar-refractivity contribution is 6.49. The van der Waals surface area contributed by atoms with Crippen molar-refractivity contribution in [3.8, 4) is 0 Å². The third-order valence-corrected chi connectivity index (χ3v) is 2.96. The molecule has 0 N–H and O–H groups in total. The van der Waals surface area contributed by atoms with Gasteiger partial charge in [-0.05, 0) is 6.07 Å². The minimum absolute atomic E-state index is 0.241. The third-order valence-electron chi connectivity index (χ3n) is 1.73. The molecular formula is C9H4Cl3N. The highest BCUT2D eigenvalue weighted by atomic mass is 35.5. The number of aromatic nitrogens is 1. The fraction of sp³-hybridized carbons (Fsp3) is 0. The fourth-order valence-electron chi connectivity index (χ4n) is 1.12. The van der Waals surface area contributed by atoms with Gasteiger partial charge >= 0.3 is 0 Å². The maximum atomic E-state index is 5.97. The van der Waals surface area contributed by atoms with E-state index in [2.05, 4.69) is 4.98 Å². The van der Waals surface area contributed by atoms with Gasteiger partial charge in [0, 0.05) is 5.39 Å². The molecule has 0 saturated heterocycles. The second-order valence-corrected chi connectivity index (χ2v) is 3.66. The summed E-state index contributed by atoms with van der Waals surface area (Å²) in [7, 11) is 0. The summed E-state index contributed by atoms with van der Waals surface area (Å²) in [5, 5.41) is 1.82. The van der Waals surface area contributed by atoms with Crippen LogP contribution in [0.25, 0.3) is 10.9 Å². The number of halogens is 3. The van der Waals surface area contributed by atoms with Crippen molar-refractivity contribution in [1.82, 2.24) is 4.98 Å². The van der Waals surface area contributed by atoms with Crippen molar-refractivity contribution in [2.75, 3.05) is 0 Å². The average molecular weight is 232 g/mol. The number of hydrogen-bond acceptors (Lipinski definition) is 1. The highest BCUT2D eigenvalue weighted by Crippen LogP contribution is 2.34. The second kappa shape index (κ2) is 3.33. The molecule has 1 aromatic heterocycles. The lowest BCUT2D eigenvalue weighted by Gasteiger charge is -2.02. The lowest BCUT2D eigenvalue weighted by atomic mass is 10.2. The van der Waals surface area contributed by atoms with Gasteiger partial charge in [-0.25, -0.2) is 4.98 Å². The quantitative estimate of drug-likeness (QED) is 0.621. The normalized spacial score (nSPS) is 10.7. The van der Waals surface area contributed by atoms with Crippen molar-refractivity contribution in [1.29, 1.82) is 0 Å². The molecule has 1 heterocycles. The van der Waals surface area contributed by atoms with E-state index in [1.165, 1.54) is 0 Å². The number of nitrogens with zero attached hydrogens (tertiary/aromatic N) is 1. The van der Waals surface area contributed by atoms with E-state index in [-0.39, 0.29) is 5.15 Å². The van der Waals surface area contributed by atoms with Gasteiger partial charge in [-0.15, -0.1) is 0 Å². The van der Waals surface area contributed by atoms with Crippen LogP contribution in [0.15, 0.2) is 24.3 Å². The largest absolute Gasteiger partial charge is 0.234 e. The topological polar surface area (TPSA) is 12.9 Å². The molecule has 0 aliphatic heterocycles. The van der Waals surface area contributed by atoms with E-state index in [4.69, 9.17) is 34.8 Å². The van der Waals surface area contributed by atoms with Gasteiger partial charge < -0.3 is 0 Å². The predicted molar refractivity (Wildman–Crippen MR) is 56.8 cm³/mol. The molecule has 0 spiro atoms. The van der Waals surface area contributed by atoms with Crippen molar-refractivity contribution in [3.05, 3.63) is 39.5 Å². The summed E-state index contributed by atoms with van der Waals surface area (Å²) < 4.78 is 0. The fourth-order valence-corrected chi connectivity index (χ4v) is 1.75. The van der Waals surface area contributed by atoms with Crippen LogP contribution in [-0.2, 0) is 0 Å². The van der Waals surface area contributed by atoms with E-state index in [0.717, 1.165) is 10.9 Å². The zero-order chi connectivity index (χ0) is 9.42. The van der Waals surface area contributed by atoms with Crippen molar-refractivity contribution in [2.24, 2.45) is 0 Å². The number of pyridine rings is 1. The SMILES string of the molecule is Clc1nc2ccccc2c(Cl)c1Cl. The standard InChI is InChI=1S/C9H4Cl3N/c10-7-5-3-1-2-4-6(5)13-9(12)8(7)11/h1-4H. The highest BCUT2D eigenvalue weighted by Gasteiger charge is 2.08. The van der Waals surface area contributed by atoms with Crippen LogP contribution in [0.5, 0.6) is 0 Å². The van der Waals surface area contributed by atoms with Crippen LogP contribution >= 0.6 is 34.8 Å². The molecular weight excluding hydrogens is 228 g/mol. The van der Waals surface area contributed by atoms with Crippen LogP contribution in [0.4, 0.5) is 0 Å². The second-order valence-electron chi connectivity index (χ2n) is 2.55. The number of fused-ring (bicyclic) bond motifs is 1. The molecule has 1 nitrogen and oxygen atoms in total. The first-order valence-electron chi connectivity index (χ1n) is 3.59. The van der Waals surface area contributed by atoms with Gasteiger partial charge in [-0.2, -0.15) is 0 Å². The summed E-state index contributed by atoms with van der Waals surface area (Å²) in [6, 6.07) is 7.44. The van der Waals surface area contributed by atoms with Gasteiger partial charge in [0.15, 0.2) is 0 Å². The molecule has 66 valence electrons. The third kappa shape index (κ3) is 1.48. The smallest absolute Gasteiger partial charge is 0.149 e. The van der Waals surface area contributed by atoms with Crippen molar-refractivity contribution < 1.29 is 0 Å². The average Bonchev–Trinajstić information content (AvgIpc) is 2.15. The summed E-state index contributed by atoms with van der Waals surface area (Å²) >= 11 is 17.6. The molecule has 0 amide bonds. The number of hydrogen-bond donors (Lipinski definition) is 0. The Bertz CT molecular complexity index is 468. The van der Waals surface area contributed by atoms with Crippen molar-refractivity contribution >= 4 is 45.7 Å². The molecule has 0 aliphatic rings. The number of benzene rings is 1. The number of rotatable bonds is 0. The van der Waals surface area contributed by atoms with E-state index in [0.29, 0.717) is 10.0 Å². The number of para-hydroxylation sites is 1. The summed E-state index contributed by atoms with van der Waals surface area (Å²) in [6.07, 6.45) is 0. The molecule has 4 heteroatoms. The Kier molecular flexibility index (Phi) is 2.33. The summed E-state index contributed by atoms with van der Waals surface area (Å²) in [5.41, 5.74) is 0.752. The monoisotopic (exact) mass is 231 g/mol. The van der Waals surface area contributed by atoms with E-state index in [1.54, 1.807) is 0 Å². The summed E-state index contributed by atoms with van der Waals surface area (Å²) in [4.78, 5) is 4.09. The van der Waals surface area contributed by atoms with Crippen LogP contribution < -0.4 is 0 Å². The molecule has 2 rings (SSSR count). The molecule has 0 aliphatic carbocycles. The molecule has 0 bridgehead atoms. The first-order chi connectivity index (χ1) is 6.20. The lowest BCUT2D eigenvalue weighted by molar-refractivity contribution is 1.41. The molecule has 1 aromatic carbocycles. The van der Waals surface area contributed by atoms with Crippen LogP contribution in [-0.4, -0.2) is 4.98 Å². The Morgan fingerprint density at radius 3 is 2.38 bits per heavy atom.